The largest absolute Gasteiger partial charge is 0.497 e. The molecule has 1 aromatic carbocycles. The molecule has 0 aliphatic rings. The van der Waals surface area contributed by atoms with Gasteiger partial charge in [0.15, 0.2) is 0 Å². The molecule has 2 aromatic rings. The van der Waals surface area contributed by atoms with Gasteiger partial charge in [-0.1, -0.05) is 0 Å². The lowest BCUT2D eigenvalue weighted by Crippen LogP contribution is -2.21. The van der Waals surface area contributed by atoms with Crippen LogP contribution in [0.15, 0.2) is 23.1 Å². The summed E-state index contributed by atoms with van der Waals surface area (Å²) in [5, 5.41) is 3.73. The fourth-order valence-corrected chi connectivity index (χ4v) is 2.90. The van der Waals surface area contributed by atoms with Crippen LogP contribution in [0.25, 0.3) is 10.9 Å². The summed E-state index contributed by atoms with van der Waals surface area (Å²) in [5.74, 6) is 0.726. The number of fused-ring (bicyclic) bond motifs is 1. The molecule has 0 aliphatic heterocycles. The number of nitrogens with zero attached hydrogens (tertiary/aromatic N) is 1. The normalized spacial score (nSPS) is 10.7. The topological polar surface area (TPSA) is 43.3 Å². The molecule has 0 saturated heterocycles. The summed E-state index contributed by atoms with van der Waals surface area (Å²) in [5.41, 5.74) is 1.71. The van der Waals surface area contributed by atoms with E-state index in [-0.39, 0.29) is 5.91 Å². The van der Waals surface area contributed by atoms with Crippen LogP contribution in [0.1, 0.15) is 10.5 Å². The van der Waals surface area contributed by atoms with E-state index < -0.39 is 0 Å². The molecule has 0 fully saturated rings. The maximum Gasteiger partial charge on any atom is 0.268 e. The number of aryl methyl sites for hydroxylation is 1. The van der Waals surface area contributed by atoms with Gasteiger partial charge in [-0.2, -0.15) is 0 Å². The number of rotatable bonds is 3. The van der Waals surface area contributed by atoms with Gasteiger partial charge in [0.25, 0.3) is 5.91 Å². The predicted molar refractivity (Wildman–Crippen MR) is 74.6 cm³/mol. The zero-order chi connectivity index (χ0) is 13.3. The average Bonchev–Trinajstić information content (AvgIpc) is 2.69. The number of benzene rings is 1. The number of aromatic nitrogens is 1. The first kappa shape index (κ1) is 12.8. The lowest BCUT2D eigenvalue weighted by molar-refractivity contribution is 0.0952. The highest BCUT2D eigenvalue weighted by atomic mass is 32.2. The van der Waals surface area contributed by atoms with Crippen LogP contribution in [0.5, 0.6) is 5.75 Å². The number of methoxy groups -OCH3 is 1. The van der Waals surface area contributed by atoms with Crippen molar-refractivity contribution in [3.63, 3.8) is 0 Å². The van der Waals surface area contributed by atoms with Gasteiger partial charge in [-0.15, -0.1) is 11.8 Å². The highest BCUT2D eigenvalue weighted by Gasteiger charge is 2.19. The van der Waals surface area contributed by atoms with Gasteiger partial charge in [0.05, 0.1) is 7.11 Å². The van der Waals surface area contributed by atoms with Crippen molar-refractivity contribution in [2.45, 2.75) is 4.90 Å². The molecule has 0 radical (unpaired) electrons. The van der Waals surface area contributed by atoms with E-state index >= 15 is 0 Å². The maximum absolute atomic E-state index is 12.0. The minimum absolute atomic E-state index is 0.0722. The SMILES string of the molecule is CNC(=O)c1c(SC)c2cc(OC)ccc2n1C. The van der Waals surface area contributed by atoms with Crippen LogP contribution < -0.4 is 10.1 Å². The van der Waals surface area contributed by atoms with Crippen molar-refractivity contribution in [2.75, 3.05) is 20.4 Å². The van der Waals surface area contributed by atoms with Crippen molar-refractivity contribution in [3.05, 3.63) is 23.9 Å². The molecule has 2 rings (SSSR count). The van der Waals surface area contributed by atoms with Crippen molar-refractivity contribution < 1.29 is 9.53 Å². The first-order valence-electron chi connectivity index (χ1n) is 5.56. The Balaban J connectivity index is 2.79. The van der Waals surface area contributed by atoms with Crippen LogP contribution in [0.3, 0.4) is 0 Å². The number of carbonyl (C=O) groups excluding carboxylic acids is 1. The smallest absolute Gasteiger partial charge is 0.268 e. The summed E-state index contributed by atoms with van der Waals surface area (Å²) >= 11 is 1.57. The molecular formula is C13H16N2O2S. The van der Waals surface area contributed by atoms with E-state index in [4.69, 9.17) is 4.74 Å². The Hall–Kier alpha value is -1.62. The molecule has 1 heterocycles. The van der Waals surface area contributed by atoms with E-state index in [0.717, 1.165) is 21.5 Å². The zero-order valence-corrected chi connectivity index (χ0v) is 11.7. The van der Waals surface area contributed by atoms with Gasteiger partial charge in [-0.05, 0) is 24.5 Å². The minimum Gasteiger partial charge on any atom is -0.497 e. The molecule has 0 atom stereocenters. The number of hydrogen-bond acceptors (Lipinski definition) is 3. The van der Waals surface area contributed by atoms with Crippen molar-refractivity contribution in [1.82, 2.24) is 9.88 Å². The highest BCUT2D eigenvalue weighted by molar-refractivity contribution is 7.99. The molecule has 18 heavy (non-hydrogen) atoms. The fraction of sp³-hybridized carbons (Fsp3) is 0.308. The van der Waals surface area contributed by atoms with E-state index in [0.29, 0.717) is 5.69 Å². The van der Waals surface area contributed by atoms with Gasteiger partial charge in [-0.3, -0.25) is 4.79 Å². The van der Waals surface area contributed by atoms with Gasteiger partial charge in [0, 0.05) is 29.9 Å². The van der Waals surface area contributed by atoms with Gasteiger partial charge >= 0.3 is 0 Å². The van der Waals surface area contributed by atoms with E-state index in [2.05, 4.69) is 5.32 Å². The number of amides is 1. The summed E-state index contributed by atoms with van der Waals surface area (Å²) < 4.78 is 7.15. The third kappa shape index (κ3) is 1.84. The van der Waals surface area contributed by atoms with Crippen molar-refractivity contribution >= 4 is 28.6 Å². The van der Waals surface area contributed by atoms with Gasteiger partial charge in [0.2, 0.25) is 0 Å². The van der Waals surface area contributed by atoms with E-state index in [9.17, 15) is 4.79 Å². The quantitative estimate of drug-likeness (QED) is 0.865. The standard InChI is InChI=1S/C13H16N2O2S/c1-14-13(16)11-12(18-4)9-7-8(17-3)5-6-10(9)15(11)2/h5-7H,1-4H3,(H,14,16). The van der Waals surface area contributed by atoms with Crippen LogP contribution >= 0.6 is 11.8 Å². The summed E-state index contributed by atoms with van der Waals surface area (Å²) in [6.45, 7) is 0. The number of hydrogen-bond donors (Lipinski definition) is 1. The Morgan fingerprint density at radius 2 is 2.17 bits per heavy atom. The minimum atomic E-state index is -0.0722. The second kappa shape index (κ2) is 4.94. The summed E-state index contributed by atoms with van der Waals surface area (Å²) in [4.78, 5) is 12.9. The molecule has 4 nitrogen and oxygen atoms in total. The Bertz CT molecular complexity index is 605. The lowest BCUT2D eigenvalue weighted by atomic mass is 10.2. The molecule has 96 valence electrons. The van der Waals surface area contributed by atoms with Crippen molar-refractivity contribution in [1.29, 1.82) is 0 Å². The number of carbonyl (C=O) groups is 1. The molecule has 0 unspecified atom stereocenters. The zero-order valence-electron chi connectivity index (χ0n) is 10.9. The monoisotopic (exact) mass is 264 g/mol. The maximum atomic E-state index is 12.0. The van der Waals surface area contributed by atoms with Crippen LogP contribution in [0, 0.1) is 0 Å². The van der Waals surface area contributed by atoms with E-state index in [1.165, 1.54) is 0 Å². The molecule has 1 aromatic heterocycles. The van der Waals surface area contributed by atoms with Crippen molar-refractivity contribution in [3.8, 4) is 5.75 Å². The Kier molecular flexibility index (Phi) is 3.52. The molecule has 0 bridgehead atoms. The first-order valence-corrected chi connectivity index (χ1v) is 6.79. The van der Waals surface area contributed by atoms with Crippen LogP contribution in [-0.4, -0.2) is 30.9 Å². The van der Waals surface area contributed by atoms with Crippen LogP contribution in [-0.2, 0) is 7.05 Å². The van der Waals surface area contributed by atoms with E-state index in [1.807, 2.05) is 36.1 Å². The van der Waals surface area contributed by atoms with Gasteiger partial charge in [-0.25, -0.2) is 0 Å². The second-order valence-electron chi connectivity index (χ2n) is 3.90. The Labute approximate surface area is 110 Å². The molecule has 0 saturated carbocycles. The van der Waals surface area contributed by atoms with Gasteiger partial charge < -0.3 is 14.6 Å². The lowest BCUT2D eigenvalue weighted by Gasteiger charge is -2.04. The number of nitrogens with one attached hydrogen (secondary N) is 1. The summed E-state index contributed by atoms with van der Waals surface area (Å²) in [6, 6.07) is 5.84. The second-order valence-corrected chi connectivity index (χ2v) is 4.72. The third-order valence-corrected chi connectivity index (χ3v) is 3.83. The van der Waals surface area contributed by atoms with Crippen LogP contribution in [0.2, 0.25) is 0 Å². The molecule has 0 spiro atoms. The van der Waals surface area contributed by atoms with Gasteiger partial charge in [0.1, 0.15) is 11.4 Å². The fourth-order valence-electron chi connectivity index (χ4n) is 2.10. The molecule has 1 N–H and O–H groups in total. The number of thioether (sulfide) groups is 1. The van der Waals surface area contributed by atoms with Crippen molar-refractivity contribution in [2.24, 2.45) is 7.05 Å². The summed E-state index contributed by atoms with van der Waals surface area (Å²) in [6.07, 6.45) is 1.97. The first-order chi connectivity index (χ1) is 8.63. The highest BCUT2D eigenvalue weighted by Crippen LogP contribution is 2.34. The molecular weight excluding hydrogens is 248 g/mol. The molecule has 1 amide bonds. The number of ether oxygens (including phenoxy) is 1. The Morgan fingerprint density at radius 3 is 2.72 bits per heavy atom. The summed E-state index contributed by atoms with van der Waals surface area (Å²) in [7, 11) is 5.19. The molecule has 5 heteroatoms. The average molecular weight is 264 g/mol. The molecule has 0 aliphatic carbocycles. The Morgan fingerprint density at radius 1 is 1.44 bits per heavy atom. The predicted octanol–water partition coefficient (Wildman–Crippen LogP) is 2.27. The third-order valence-electron chi connectivity index (χ3n) is 3.01. The van der Waals surface area contributed by atoms with E-state index in [1.54, 1.807) is 25.9 Å². The van der Waals surface area contributed by atoms with Crippen LogP contribution in [0.4, 0.5) is 0 Å².